The van der Waals surface area contributed by atoms with Gasteiger partial charge in [-0.2, -0.15) is 0 Å². The van der Waals surface area contributed by atoms with Crippen LogP contribution in [0.4, 0.5) is 0 Å². The monoisotopic (exact) mass is 434 g/mol. The van der Waals surface area contributed by atoms with Gasteiger partial charge in [0.1, 0.15) is 5.75 Å². The van der Waals surface area contributed by atoms with Crippen molar-refractivity contribution in [3.05, 3.63) is 78.7 Å². The van der Waals surface area contributed by atoms with Gasteiger partial charge in [-0.15, -0.1) is 0 Å². The SMILES string of the molecule is COc1ccc(Cl)cc1C(=O)NC[C@@H](O)c1ccc(Cc2sc(=O)[nH]c2O)cc1. The Balaban J connectivity index is 1.61. The highest BCUT2D eigenvalue weighted by Gasteiger charge is 2.15. The third-order valence-corrected chi connectivity index (χ3v) is 5.40. The van der Waals surface area contributed by atoms with Crippen molar-refractivity contribution in [3.8, 4) is 11.6 Å². The molecule has 0 fully saturated rings. The van der Waals surface area contributed by atoms with Gasteiger partial charge in [0.15, 0.2) is 0 Å². The van der Waals surface area contributed by atoms with Crippen molar-refractivity contribution in [2.45, 2.75) is 12.5 Å². The first-order chi connectivity index (χ1) is 13.9. The molecule has 152 valence electrons. The Morgan fingerprint density at radius 1 is 1.28 bits per heavy atom. The average Bonchev–Trinajstić information content (AvgIpc) is 3.03. The number of thiazole rings is 1. The minimum Gasteiger partial charge on any atom is -0.496 e. The first-order valence-electron chi connectivity index (χ1n) is 8.67. The fourth-order valence-electron chi connectivity index (χ4n) is 2.78. The summed E-state index contributed by atoms with van der Waals surface area (Å²) < 4.78 is 5.16. The maximum absolute atomic E-state index is 12.4. The molecular formula is C20H19ClN2O5S. The largest absolute Gasteiger partial charge is 0.496 e. The number of aliphatic hydroxyl groups is 1. The topological polar surface area (TPSA) is 112 Å². The summed E-state index contributed by atoms with van der Waals surface area (Å²) in [5.41, 5.74) is 1.78. The van der Waals surface area contributed by atoms with Crippen molar-refractivity contribution in [1.29, 1.82) is 0 Å². The van der Waals surface area contributed by atoms with Crippen LogP contribution in [0.2, 0.25) is 5.02 Å². The zero-order valence-corrected chi connectivity index (χ0v) is 17.0. The lowest BCUT2D eigenvalue weighted by molar-refractivity contribution is 0.0913. The number of aromatic hydroxyl groups is 1. The Morgan fingerprint density at radius 2 is 2.00 bits per heavy atom. The smallest absolute Gasteiger partial charge is 0.307 e. The van der Waals surface area contributed by atoms with Crippen molar-refractivity contribution >= 4 is 28.8 Å². The first-order valence-corrected chi connectivity index (χ1v) is 9.86. The predicted octanol–water partition coefficient (Wildman–Crippen LogP) is 2.86. The molecule has 3 rings (SSSR count). The van der Waals surface area contributed by atoms with Crippen LogP contribution in [0.5, 0.6) is 11.6 Å². The number of rotatable bonds is 7. The molecule has 0 unspecified atom stereocenters. The highest BCUT2D eigenvalue weighted by atomic mass is 35.5. The maximum Gasteiger partial charge on any atom is 0.307 e. The molecule has 29 heavy (non-hydrogen) atoms. The Kier molecular flexibility index (Phi) is 6.58. The number of methoxy groups -OCH3 is 1. The van der Waals surface area contributed by atoms with Crippen molar-refractivity contribution in [1.82, 2.24) is 10.3 Å². The standard InChI is InChI=1S/C20H19ClN2O5S/c1-28-16-7-6-13(21)9-14(16)18(25)22-10-15(24)12-4-2-11(3-5-12)8-17-19(26)23-20(27)29-17/h2-7,9,15,24,26H,8,10H2,1H3,(H,22,25)(H,23,27)/t15-/m1/s1. The lowest BCUT2D eigenvalue weighted by Gasteiger charge is -2.14. The number of aromatic nitrogens is 1. The molecule has 9 heteroatoms. The Hall–Kier alpha value is -2.81. The van der Waals surface area contributed by atoms with Crippen LogP contribution in [0.15, 0.2) is 47.3 Å². The summed E-state index contributed by atoms with van der Waals surface area (Å²) in [5.74, 6) is -0.137. The Morgan fingerprint density at radius 3 is 2.62 bits per heavy atom. The molecule has 1 aromatic heterocycles. The van der Waals surface area contributed by atoms with Crippen molar-refractivity contribution < 1.29 is 19.7 Å². The summed E-state index contributed by atoms with van der Waals surface area (Å²) in [4.78, 5) is 26.2. The third-order valence-electron chi connectivity index (χ3n) is 4.29. The quantitative estimate of drug-likeness (QED) is 0.457. The van der Waals surface area contributed by atoms with Gasteiger partial charge < -0.3 is 20.3 Å². The predicted molar refractivity (Wildman–Crippen MR) is 111 cm³/mol. The van der Waals surface area contributed by atoms with Gasteiger partial charge in [0.2, 0.25) is 5.88 Å². The molecule has 1 heterocycles. The van der Waals surface area contributed by atoms with Crippen LogP contribution in [0.25, 0.3) is 0 Å². The maximum atomic E-state index is 12.4. The van der Waals surface area contributed by atoms with Gasteiger partial charge in [0, 0.05) is 18.0 Å². The van der Waals surface area contributed by atoms with E-state index in [1.54, 1.807) is 36.4 Å². The number of hydrogen-bond donors (Lipinski definition) is 4. The summed E-state index contributed by atoms with van der Waals surface area (Å²) in [7, 11) is 1.46. The summed E-state index contributed by atoms with van der Waals surface area (Å²) in [6.07, 6.45) is -0.508. The average molecular weight is 435 g/mol. The molecule has 1 atom stereocenters. The fraction of sp³-hybridized carbons (Fsp3) is 0.200. The van der Waals surface area contributed by atoms with Gasteiger partial charge >= 0.3 is 4.87 Å². The molecule has 4 N–H and O–H groups in total. The van der Waals surface area contributed by atoms with Crippen LogP contribution in [0.3, 0.4) is 0 Å². The number of benzene rings is 2. The van der Waals surface area contributed by atoms with E-state index >= 15 is 0 Å². The number of hydrogen-bond acceptors (Lipinski definition) is 6. The van der Waals surface area contributed by atoms with E-state index < -0.39 is 12.0 Å². The Bertz CT molecular complexity index is 1060. The van der Waals surface area contributed by atoms with Crippen LogP contribution in [0.1, 0.15) is 32.5 Å². The van der Waals surface area contributed by atoms with Gasteiger partial charge in [-0.3, -0.25) is 14.6 Å². The number of ether oxygens (including phenoxy) is 1. The zero-order valence-electron chi connectivity index (χ0n) is 15.4. The summed E-state index contributed by atoms with van der Waals surface area (Å²) in [5, 5.41) is 23.1. The normalized spacial score (nSPS) is 11.8. The van der Waals surface area contributed by atoms with Gasteiger partial charge in [-0.25, -0.2) is 0 Å². The van der Waals surface area contributed by atoms with E-state index in [0.29, 0.717) is 27.6 Å². The number of aromatic amines is 1. The minimum atomic E-state index is -0.908. The molecule has 0 aliphatic rings. The van der Waals surface area contributed by atoms with Gasteiger partial charge in [0.25, 0.3) is 5.91 Å². The number of aliphatic hydroxyl groups excluding tert-OH is 1. The molecule has 0 bridgehead atoms. The van der Waals surface area contributed by atoms with Gasteiger partial charge in [-0.1, -0.05) is 47.2 Å². The lowest BCUT2D eigenvalue weighted by Crippen LogP contribution is -2.28. The second-order valence-electron chi connectivity index (χ2n) is 6.28. The number of halogens is 1. The van der Waals surface area contributed by atoms with E-state index in [4.69, 9.17) is 16.3 Å². The van der Waals surface area contributed by atoms with Crippen LogP contribution in [-0.4, -0.2) is 34.8 Å². The van der Waals surface area contributed by atoms with Crippen LogP contribution in [0, 0.1) is 0 Å². The zero-order chi connectivity index (χ0) is 21.0. The first kappa shape index (κ1) is 20.9. The number of carbonyl (C=O) groups excluding carboxylic acids is 1. The minimum absolute atomic E-state index is 0.00800. The molecule has 0 aliphatic carbocycles. The van der Waals surface area contributed by atoms with Crippen molar-refractivity contribution in [2.75, 3.05) is 13.7 Å². The third kappa shape index (κ3) is 5.17. The van der Waals surface area contributed by atoms with Crippen molar-refractivity contribution in [2.24, 2.45) is 0 Å². The molecule has 0 saturated heterocycles. The number of carbonyl (C=O) groups is 1. The molecule has 0 aliphatic heterocycles. The summed E-state index contributed by atoms with van der Waals surface area (Å²) in [6.45, 7) is 0.00800. The van der Waals surface area contributed by atoms with E-state index in [1.807, 2.05) is 0 Å². The van der Waals surface area contributed by atoms with Gasteiger partial charge in [0.05, 0.1) is 23.7 Å². The van der Waals surface area contributed by atoms with Gasteiger partial charge in [-0.05, 0) is 29.3 Å². The summed E-state index contributed by atoms with van der Waals surface area (Å²) >= 11 is 6.90. The van der Waals surface area contributed by atoms with E-state index in [1.165, 1.54) is 13.2 Å². The van der Waals surface area contributed by atoms with E-state index in [2.05, 4.69) is 10.3 Å². The molecular weight excluding hydrogens is 416 g/mol. The van der Waals surface area contributed by atoms with Crippen molar-refractivity contribution in [3.63, 3.8) is 0 Å². The molecule has 1 amide bonds. The number of nitrogens with one attached hydrogen (secondary N) is 2. The lowest BCUT2D eigenvalue weighted by atomic mass is 10.0. The second-order valence-corrected chi connectivity index (χ2v) is 7.78. The molecule has 7 nitrogen and oxygen atoms in total. The van der Waals surface area contributed by atoms with E-state index in [0.717, 1.165) is 16.9 Å². The second kappa shape index (κ2) is 9.13. The number of H-pyrrole nitrogens is 1. The van der Waals surface area contributed by atoms with E-state index in [9.17, 15) is 19.8 Å². The summed E-state index contributed by atoms with van der Waals surface area (Å²) in [6, 6.07) is 11.8. The number of amides is 1. The van der Waals surface area contributed by atoms with Crippen LogP contribution < -0.4 is 14.9 Å². The highest BCUT2D eigenvalue weighted by Crippen LogP contribution is 2.23. The van der Waals surface area contributed by atoms with Crippen LogP contribution >= 0.6 is 22.9 Å². The molecule has 0 spiro atoms. The molecule has 2 aromatic carbocycles. The highest BCUT2D eigenvalue weighted by molar-refractivity contribution is 7.09. The van der Waals surface area contributed by atoms with Crippen LogP contribution in [-0.2, 0) is 6.42 Å². The molecule has 0 radical (unpaired) electrons. The fourth-order valence-corrected chi connectivity index (χ4v) is 3.71. The van der Waals surface area contributed by atoms with E-state index in [-0.39, 0.29) is 22.9 Å². The Labute approximate surface area is 175 Å². The molecule has 3 aromatic rings. The molecule has 0 saturated carbocycles.